The predicted molar refractivity (Wildman–Crippen MR) is 98.4 cm³/mol. The third-order valence-corrected chi connectivity index (χ3v) is 5.31. The first-order chi connectivity index (χ1) is 11.9. The molecule has 0 radical (unpaired) electrons. The van der Waals surface area contributed by atoms with Crippen LogP contribution in [0.5, 0.6) is 0 Å². The Morgan fingerprint density at radius 3 is 2.76 bits per heavy atom. The molecule has 4 rings (SSSR count). The second kappa shape index (κ2) is 5.77. The maximum Gasteiger partial charge on any atom is 0.232 e. The number of fused-ring (bicyclic) bond motifs is 1. The number of hydrogen-bond acceptors (Lipinski definition) is 5. The molecule has 2 atom stereocenters. The Morgan fingerprint density at radius 1 is 1.32 bits per heavy atom. The number of aromatic nitrogens is 2. The molecule has 1 amide bonds. The van der Waals surface area contributed by atoms with Crippen LogP contribution in [0.3, 0.4) is 0 Å². The molecule has 1 saturated carbocycles. The van der Waals surface area contributed by atoms with Crippen molar-refractivity contribution in [2.24, 2.45) is 5.92 Å². The molecule has 128 valence electrons. The Balaban J connectivity index is 1.68. The first kappa shape index (κ1) is 16.0. The smallest absolute Gasteiger partial charge is 0.232 e. The monoisotopic (exact) mass is 356 g/mol. The quantitative estimate of drug-likeness (QED) is 0.747. The molecule has 0 bridgehead atoms. The molecule has 0 saturated heterocycles. The zero-order valence-electron chi connectivity index (χ0n) is 13.8. The molecule has 25 heavy (non-hydrogen) atoms. The lowest BCUT2D eigenvalue weighted by molar-refractivity contribution is -0.117. The topological polar surface area (TPSA) is 80.9 Å². The normalized spacial score (nSPS) is 19.2. The van der Waals surface area contributed by atoms with Gasteiger partial charge in [-0.05, 0) is 49.6 Å². The van der Waals surface area contributed by atoms with E-state index in [1.54, 1.807) is 0 Å². The number of carbonyl (C=O) groups excluding carboxylic acids is 1. The first-order valence-electron chi connectivity index (χ1n) is 8.02. The summed E-state index contributed by atoms with van der Waals surface area (Å²) in [5.41, 5.74) is 10.6. The number of pyridine rings is 1. The fourth-order valence-corrected chi connectivity index (χ4v) is 3.97. The highest BCUT2D eigenvalue weighted by molar-refractivity contribution is 7.22. The molecule has 5 nitrogen and oxygen atoms in total. The SMILES string of the molecule is Cc1cc(N)nc(C)c1-c1ccc2nc(NC(=O)[C@@H]3CC3F)sc2c1. The van der Waals surface area contributed by atoms with E-state index in [4.69, 9.17) is 5.73 Å². The van der Waals surface area contributed by atoms with Gasteiger partial charge in [0.1, 0.15) is 12.0 Å². The maximum absolute atomic E-state index is 13.0. The van der Waals surface area contributed by atoms with Gasteiger partial charge >= 0.3 is 0 Å². The van der Waals surface area contributed by atoms with Crippen molar-refractivity contribution in [1.29, 1.82) is 0 Å². The molecule has 7 heteroatoms. The van der Waals surface area contributed by atoms with Crippen molar-refractivity contribution < 1.29 is 9.18 Å². The number of nitrogens with zero attached hydrogens (tertiary/aromatic N) is 2. The third kappa shape index (κ3) is 2.95. The number of nitrogens with one attached hydrogen (secondary N) is 1. The van der Waals surface area contributed by atoms with Crippen LogP contribution < -0.4 is 11.1 Å². The molecule has 0 spiro atoms. The van der Waals surface area contributed by atoms with Crippen molar-refractivity contribution in [3.8, 4) is 11.1 Å². The van der Waals surface area contributed by atoms with Crippen LogP contribution in [0.15, 0.2) is 24.3 Å². The summed E-state index contributed by atoms with van der Waals surface area (Å²) in [7, 11) is 0. The van der Waals surface area contributed by atoms with Crippen LogP contribution in [0.1, 0.15) is 17.7 Å². The number of nitrogen functional groups attached to an aromatic ring is 1. The molecule has 1 aromatic carbocycles. The first-order valence-corrected chi connectivity index (χ1v) is 8.83. The summed E-state index contributed by atoms with van der Waals surface area (Å²) in [5.74, 6) is -0.302. The summed E-state index contributed by atoms with van der Waals surface area (Å²) >= 11 is 1.39. The number of anilines is 2. The average Bonchev–Trinajstić information content (AvgIpc) is 3.13. The molecule has 3 N–H and O–H groups in total. The lowest BCUT2D eigenvalue weighted by Gasteiger charge is -2.10. The standard InChI is InChI=1S/C18H17FN4OS/c1-8-5-15(20)21-9(2)16(8)10-3-4-13-14(6-10)25-18(22-13)23-17(24)11-7-12(11)19/h3-6,11-12H,7H2,1-2H3,(H2,20,21)(H,22,23,24)/t11-,12?/m1/s1. The summed E-state index contributed by atoms with van der Waals surface area (Å²) in [4.78, 5) is 20.6. The van der Waals surface area contributed by atoms with E-state index in [1.807, 2.05) is 38.1 Å². The lowest BCUT2D eigenvalue weighted by Crippen LogP contribution is -2.14. The largest absolute Gasteiger partial charge is 0.384 e. The van der Waals surface area contributed by atoms with E-state index >= 15 is 0 Å². The average molecular weight is 356 g/mol. The van der Waals surface area contributed by atoms with Gasteiger partial charge < -0.3 is 11.1 Å². The zero-order valence-corrected chi connectivity index (χ0v) is 14.7. The van der Waals surface area contributed by atoms with Crippen LogP contribution >= 0.6 is 11.3 Å². The van der Waals surface area contributed by atoms with Gasteiger partial charge in [-0.3, -0.25) is 4.79 Å². The minimum atomic E-state index is -1.01. The van der Waals surface area contributed by atoms with Crippen molar-refractivity contribution >= 4 is 38.4 Å². The Labute approximate surface area is 148 Å². The Kier molecular flexibility index (Phi) is 3.68. The number of thiazole rings is 1. The summed E-state index contributed by atoms with van der Waals surface area (Å²) < 4.78 is 13.9. The van der Waals surface area contributed by atoms with Crippen molar-refractivity contribution in [2.45, 2.75) is 26.4 Å². The number of rotatable bonds is 3. The van der Waals surface area contributed by atoms with Gasteiger partial charge in [-0.1, -0.05) is 17.4 Å². The molecule has 3 aromatic rings. The van der Waals surface area contributed by atoms with Gasteiger partial charge in [0.15, 0.2) is 5.13 Å². The van der Waals surface area contributed by atoms with Crippen LogP contribution in [-0.4, -0.2) is 22.0 Å². The molecule has 2 aromatic heterocycles. The van der Waals surface area contributed by atoms with Crippen molar-refractivity contribution in [3.05, 3.63) is 35.5 Å². The number of hydrogen-bond donors (Lipinski definition) is 2. The third-order valence-electron chi connectivity index (χ3n) is 4.37. The van der Waals surface area contributed by atoms with Crippen LogP contribution in [0.2, 0.25) is 0 Å². The van der Waals surface area contributed by atoms with Crippen LogP contribution in [-0.2, 0) is 4.79 Å². The fourth-order valence-electron chi connectivity index (χ4n) is 3.06. The van der Waals surface area contributed by atoms with E-state index in [2.05, 4.69) is 15.3 Å². The highest BCUT2D eigenvalue weighted by Gasteiger charge is 2.43. The minimum absolute atomic E-state index is 0.291. The predicted octanol–water partition coefficient (Wildman–Crippen LogP) is 3.85. The summed E-state index contributed by atoms with van der Waals surface area (Å²) in [6, 6.07) is 7.79. The number of aryl methyl sites for hydroxylation is 2. The van der Waals surface area contributed by atoms with Gasteiger partial charge in [-0.15, -0.1) is 0 Å². The van der Waals surface area contributed by atoms with E-state index in [9.17, 15) is 9.18 Å². The van der Waals surface area contributed by atoms with E-state index in [1.165, 1.54) is 11.3 Å². The number of amides is 1. The Hall–Kier alpha value is -2.54. The second-order valence-electron chi connectivity index (χ2n) is 6.37. The van der Waals surface area contributed by atoms with Crippen LogP contribution in [0, 0.1) is 19.8 Å². The second-order valence-corrected chi connectivity index (χ2v) is 7.40. The Morgan fingerprint density at radius 2 is 2.08 bits per heavy atom. The highest BCUT2D eigenvalue weighted by atomic mass is 32.1. The van der Waals surface area contributed by atoms with Gasteiger partial charge in [-0.25, -0.2) is 14.4 Å². The molecule has 0 aliphatic heterocycles. The van der Waals surface area contributed by atoms with Gasteiger partial charge in [0, 0.05) is 11.3 Å². The van der Waals surface area contributed by atoms with Gasteiger partial charge in [-0.2, -0.15) is 0 Å². The van der Waals surface area contributed by atoms with E-state index in [0.717, 1.165) is 32.6 Å². The molecule has 2 heterocycles. The number of nitrogens with two attached hydrogens (primary N) is 1. The Bertz CT molecular complexity index is 977. The zero-order chi connectivity index (χ0) is 17.7. The van der Waals surface area contributed by atoms with E-state index < -0.39 is 12.1 Å². The van der Waals surface area contributed by atoms with Crippen molar-refractivity contribution in [3.63, 3.8) is 0 Å². The van der Waals surface area contributed by atoms with Crippen molar-refractivity contribution in [1.82, 2.24) is 9.97 Å². The number of carbonyl (C=O) groups is 1. The number of halogens is 1. The summed E-state index contributed by atoms with van der Waals surface area (Å²) in [6.45, 7) is 3.94. The maximum atomic E-state index is 13.0. The molecular weight excluding hydrogens is 339 g/mol. The molecule has 1 aliphatic rings. The molecule has 1 unspecified atom stereocenters. The lowest BCUT2D eigenvalue weighted by atomic mass is 9.99. The van der Waals surface area contributed by atoms with Crippen LogP contribution in [0.25, 0.3) is 21.3 Å². The van der Waals surface area contributed by atoms with Gasteiger partial charge in [0.25, 0.3) is 0 Å². The van der Waals surface area contributed by atoms with Crippen LogP contribution in [0.4, 0.5) is 15.3 Å². The fraction of sp³-hybridized carbons (Fsp3) is 0.278. The number of benzene rings is 1. The minimum Gasteiger partial charge on any atom is -0.384 e. The van der Waals surface area contributed by atoms with Gasteiger partial charge in [0.2, 0.25) is 5.91 Å². The van der Waals surface area contributed by atoms with Crippen molar-refractivity contribution in [2.75, 3.05) is 11.1 Å². The summed E-state index contributed by atoms with van der Waals surface area (Å²) in [5, 5.41) is 3.21. The highest BCUT2D eigenvalue weighted by Crippen LogP contribution is 2.37. The number of alkyl halides is 1. The van der Waals surface area contributed by atoms with Gasteiger partial charge in [0.05, 0.1) is 16.1 Å². The molecule has 1 aliphatic carbocycles. The summed E-state index contributed by atoms with van der Waals surface area (Å²) in [6.07, 6.45) is -0.700. The molecular formula is C18H17FN4OS. The van der Waals surface area contributed by atoms with E-state index in [-0.39, 0.29) is 5.91 Å². The molecule has 1 fully saturated rings. The van der Waals surface area contributed by atoms with E-state index in [0.29, 0.717) is 17.4 Å².